The molecule has 0 fully saturated rings. The third kappa shape index (κ3) is 1.47. The summed E-state index contributed by atoms with van der Waals surface area (Å²) in [5.74, 6) is -0.472. The van der Waals surface area contributed by atoms with Gasteiger partial charge in [-0.1, -0.05) is 11.6 Å². The smallest absolute Gasteiger partial charge is 0.356 e. The van der Waals surface area contributed by atoms with Crippen LogP contribution >= 0.6 is 22.9 Å². The van der Waals surface area contributed by atoms with E-state index in [-0.39, 0.29) is 5.69 Å². The summed E-state index contributed by atoms with van der Waals surface area (Å²) in [7, 11) is 1.32. The third-order valence-corrected chi connectivity index (χ3v) is 3.11. The first-order chi connectivity index (χ1) is 6.72. The molecule has 0 aromatic carbocycles. The predicted molar refractivity (Wildman–Crippen MR) is 56.0 cm³/mol. The molecule has 0 saturated carbocycles. The molecule has 2 aromatic heterocycles. The van der Waals surface area contributed by atoms with Gasteiger partial charge in [-0.25, -0.2) is 9.78 Å². The van der Waals surface area contributed by atoms with E-state index in [1.54, 1.807) is 6.07 Å². The standard InChI is InChI=1S/C9H6ClNO2S/c1-13-9(12)6-4-5-2-3-14-7(5)8(10)11-6/h2-4H,1H3. The third-order valence-electron chi connectivity index (χ3n) is 1.79. The van der Waals surface area contributed by atoms with Gasteiger partial charge < -0.3 is 4.74 Å². The maximum absolute atomic E-state index is 11.2. The van der Waals surface area contributed by atoms with Crippen molar-refractivity contribution in [3.8, 4) is 0 Å². The van der Waals surface area contributed by atoms with E-state index in [1.807, 2.05) is 11.4 Å². The zero-order valence-corrected chi connectivity index (χ0v) is 8.85. The summed E-state index contributed by atoms with van der Waals surface area (Å²) in [5, 5.41) is 3.16. The molecule has 0 N–H and O–H groups in total. The average molecular weight is 228 g/mol. The van der Waals surface area contributed by atoms with Crippen LogP contribution in [-0.4, -0.2) is 18.1 Å². The van der Waals surface area contributed by atoms with Crippen LogP contribution in [0.1, 0.15) is 10.5 Å². The highest BCUT2D eigenvalue weighted by atomic mass is 35.5. The number of thiophene rings is 1. The molecule has 3 nitrogen and oxygen atoms in total. The average Bonchev–Trinajstić information content (AvgIpc) is 2.64. The molecule has 2 rings (SSSR count). The van der Waals surface area contributed by atoms with Gasteiger partial charge in [0.2, 0.25) is 0 Å². The van der Waals surface area contributed by atoms with Crippen molar-refractivity contribution < 1.29 is 9.53 Å². The lowest BCUT2D eigenvalue weighted by Gasteiger charge is -1.99. The first kappa shape index (κ1) is 9.43. The van der Waals surface area contributed by atoms with E-state index in [2.05, 4.69) is 9.72 Å². The molecule has 0 saturated heterocycles. The Morgan fingerprint density at radius 3 is 3.14 bits per heavy atom. The van der Waals surface area contributed by atoms with Gasteiger partial charge in [-0.3, -0.25) is 0 Å². The maximum atomic E-state index is 11.2. The Balaban J connectivity index is 2.64. The fourth-order valence-electron chi connectivity index (χ4n) is 1.15. The van der Waals surface area contributed by atoms with Crippen LogP contribution in [0.5, 0.6) is 0 Å². The summed E-state index contributed by atoms with van der Waals surface area (Å²) in [4.78, 5) is 15.1. The molecule has 14 heavy (non-hydrogen) atoms. The van der Waals surface area contributed by atoms with Crippen LogP contribution in [0.15, 0.2) is 17.5 Å². The van der Waals surface area contributed by atoms with E-state index >= 15 is 0 Å². The Labute approximate surface area is 89.3 Å². The molecule has 0 aliphatic heterocycles. The van der Waals surface area contributed by atoms with E-state index < -0.39 is 5.97 Å². The first-order valence-corrected chi connectivity index (χ1v) is 5.10. The summed E-state index contributed by atoms with van der Waals surface area (Å²) in [6.07, 6.45) is 0. The lowest BCUT2D eigenvalue weighted by molar-refractivity contribution is 0.0594. The van der Waals surface area contributed by atoms with Gasteiger partial charge >= 0.3 is 5.97 Å². The monoisotopic (exact) mass is 227 g/mol. The van der Waals surface area contributed by atoms with E-state index in [4.69, 9.17) is 11.6 Å². The number of aromatic nitrogens is 1. The minimum atomic E-state index is -0.472. The van der Waals surface area contributed by atoms with Crippen LogP contribution in [-0.2, 0) is 4.74 Å². The fraction of sp³-hybridized carbons (Fsp3) is 0.111. The molecule has 2 aromatic rings. The predicted octanol–water partition coefficient (Wildman–Crippen LogP) is 2.74. The minimum absolute atomic E-state index is 0.239. The molecule has 0 unspecified atom stereocenters. The zero-order valence-electron chi connectivity index (χ0n) is 7.28. The summed E-state index contributed by atoms with van der Waals surface area (Å²) in [5.41, 5.74) is 0.239. The molecule has 0 spiro atoms. The SMILES string of the molecule is COC(=O)c1cc2ccsc2c(Cl)n1. The van der Waals surface area contributed by atoms with Crippen molar-refractivity contribution >= 4 is 39.0 Å². The second-order valence-corrected chi connectivity index (χ2v) is 3.90. The van der Waals surface area contributed by atoms with Crippen LogP contribution in [0, 0.1) is 0 Å². The summed E-state index contributed by atoms with van der Waals surface area (Å²) in [6, 6.07) is 3.56. The number of ether oxygens (including phenoxy) is 1. The number of rotatable bonds is 1. The molecule has 0 aliphatic rings. The minimum Gasteiger partial charge on any atom is -0.464 e. The summed E-state index contributed by atoms with van der Waals surface area (Å²) in [6.45, 7) is 0. The molecular formula is C9H6ClNO2S. The van der Waals surface area contributed by atoms with Gasteiger partial charge in [0.25, 0.3) is 0 Å². The molecule has 2 heterocycles. The number of nitrogens with zero attached hydrogens (tertiary/aromatic N) is 1. The molecule has 0 aliphatic carbocycles. The largest absolute Gasteiger partial charge is 0.464 e. The number of methoxy groups -OCH3 is 1. The number of carbonyl (C=O) groups is 1. The Bertz CT molecular complexity index is 495. The number of carbonyl (C=O) groups excluding carboxylic acids is 1. The van der Waals surface area contributed by atoms with Gasteiger partial charge in [0.15, 0.2) is 5.69 Å². The van der Waals surface area contributed by atoms with Gasteiger partial charge in [-0.05, 0) is 22.9 Å². The number of fused-ring (bicyclic) bond motifs is 1. The van der Waals surface area contributed by atoms with Gasteiger partial charge in [0.1, 0.15) is 5.15 Å². The molecule has 0 amide bonds. The van der Waals surface area contributed by atoms with Crippen LogP contribution < -0.4 is 0 Å². The molecule has 0 radical (unpaired) electrons. The highest BCUT2D eigenvalue weighted by molar-refractivity contribution is 7.17. The Kier molecular flexibility index (Phi) is 2.39. The van der Waals surface area contributed by atoms with Gasteiger partial charge in [-0.2, -0.15) is 0 Å². The van der Waals surface area contributed by atoms with Crippen molar-refractivity contribution in [2.75, 3.05) is 7.11 Å². The van der Waals surface area contributed by atoms with Gasteiger partial charge in [-0.15, -0.1) is 11.3 Å². The molecule has 0 atom stereocenters. The number of esters is 1. The molecule has 0 bridgehead atoms. The number of pyridine rings is 1. The zero-order chi connectivity index (χ0) is 10.1. The highest BCUT2D eigenvalue weighted by Gasteiger charge is 2.11. The molecule has 72 valence electrons. The van der Waals surface area contributed by atoms with Crippen molar-refractivity contribution in [3.63, 3.8) is 0 Å². The number of hydrogen-bond donors (Lipinski definition) is 0. The second-order valence-electron chi connectivity index (χ2n) is 2.63. The van der Waals surface area contributed by atoms with Crippen LogP contribution in [0.2, 0.25) is 5.15 Å². The van der Waals surface area contributed by atoms with Gasteiger partial charge in [0.05, 0.1) is 11.8 Å². The van der Waals surface area contributed by atoms with Crippen molar-refractivity contribution in [1.82, 2.24) is 4.98 Å². The van der Waals surface area contributed by atoms with Crippen molar-refractivity contribution in [1.29, 1.82) is 0 Å². The van der Waals surface area contributed by atoms with E-state index in [1.165, 1.54) is 18.4 Å². The van der Waals surface area contributed by atoms with Gasteiger partial charge in [0, 0.05) is 0 Å². The molecular weight excluding hydrogens is 222 g/mol. The normalized spacial score (nSPS) is 10.4. The Hall–Kier alpha value is -1.13. The van der Waals surface area contributed by atoms with Crippen molar-refractivity contribution in [2.24, 2.45) is 0 Å². The second kappa shape index (κ2) is 3.55. The highest BCUT2D eigenvalue weighted by Crippen LogP contribution is 2.27. The fourth-order valence-corrected chi connectivity index (χ4v) is 2.24. The van der Waals surface area contributed by atoms with E-state index in [9.17, 15) is 4.79 Å². The Morgan fingerprint density at radius 2 is 2.43 bits per heavy atom. The van der Waals surface area contributed by atoms with Crippen molar-refractivity contribution in [3.05, 3.63) is 28.4 Å². The van der Waals surface area contributed by atoms with Crippen LogP contribution in [0.25, 0.3) is 10.1 Å². The Morgan fingerprint density at radius 1 is 1.64 bits per heavy atom. The lowest BCUT2D eigenvalue weighted by atomic mass is 10.3. The van der Waals surface area contributed by atoms with E-state index in [0.717, 1.165) is 10.1 Å². The van der Waals surface area contributed by atoms with Crippen LogP contribution in [0.4, 0.5) is 0 Å². The summed E-state index contributed by atoms with van der Waals surface area (Å²) >= 11 is 7.39. The lowest BCUT2D eigenvalue weighted by Crippen LogP contribution is -2.03. The topological polar surface area (TPSA) is 39.2 Å². The molecule has 5 heteroatoms. The first-order valence-electron chi connectivity index (χ1n) is 3.84. The maximum Gasteiger partial charge on any atom is 0.356 e. The quantitative estimate of drug-likeness (QED) is 0.556. The number of halogens is 1. The number of hydrogen-bond acceptors (Lipinski definition) is 4. The van der Waals surface area contributed by atoms with E-state index in [0.29, 0.717) is 5.15 Å². The van der Waals surface area contributed by atoms with Crippen molar-refractivity contribution in [2.45, 2.75) is 0 Å². The van der Waals surface area contributed by atoms with Crippen LogP contribution in [0.3, 0.4) is 0 Å². The summed E-state index contributed by atoms with van der Waals surface area (Å²) < 4.78 is 5.45.